The van der Waals surface area contributed by atoms with Gasteiger partial charge in [-0.3, -0.25) is 14.3 Å². The molecular formula is C11H15BrN2O3S. The van der Waals surface area contributed by atoms with Gasteiger partial charge in [0, 0.05) is 39.4 Å². The first-order valence-electron chi connectivity index (χ1n) is 5.40. The molecule has 1 rings (SSSR count). The number of nitro groups is 1. The maximum atomic E-state index is 11.0. The SMILES string of the molecule is CC(CCS(C)=O)Nc1cc(Br)ccc1[N+](=O)[O-]. The fourth-order valence-corrected chi connectivity index (χ4v) is 2.51. The fourth-order valence-electron chi connectivity index (χ4n) is 1.46. The van der Waals surface area contributed by atoms with Crippen molar-refractivity contribution in [1.82, 2.24) is 0 Å². The van der Waals surface area contributed by atoms with Crippen molar-refractivity contribution >= 4 is 38.1 Å². The maximum Gasteiger partial charge on any atom is 0.292 e. The number of nitro benzene ring substituents is 1. The molecule has 0 aliphatic carbocycles. The Hall–Kier alpha value is -0.950. The number of hydrogen-bond donors (Lipinski definition) is 1. The van der Waals surface area contributed by atoms with Crippen LogP contribution in [0.3, 0.4) is 0 Å². The highest BCUT2D eigenvalue weighted by Gasteiger charge is 2.15. The molecule has 0 amide bonds. The van der Waals surface area contributed by atoms with Crippen LogP contribution in [0.5, 0.6) is 0 Å². The lowest BCUT2D eigenvalue weighted by Crippen LogP contribution is -2.18. The second-order valence-electron chi connectivity index (χ2n) is 4.03. The highest BCUT2D eigenvalue weighted by Crippen LogP contribution is 2.28. The minimum atomic E-state index is -0.846. The van der Waals surface area contributed by atoms with Crippen LogP contribution in [0.4, 0.5) is 11.4 Å². The predicted molar refractivity (Wildman–Crippen MR) is 77.4 cm³/mol. The number of rotatable bonds is 6. The van der Waals surface area contributed by atoms with Gasteiger partial charge in [0.25, 0.3) is 5.69 Å². The van der Waals surface area contributed by atoms with Crippen molar-refractivity contribution in [3.63, 3.8) is 0 Å². The summed E-state index contributed by atoms with van der Waals surface area (Å²) >= 11 is 3.29. The summed E-state index contributed by atoms with van der Waals surface area (Å²) in [5.41, 5.74) is 0.520. The van der Waals surface area contributed by atoms with E-state index in [0.717, 1.165) is 4.47 Å². The van der Waals surface area contributed by atoms with Crippen LogP contribution >= 0.6 is 15.9 Å². The predicted octanol–water partition coefficient (Wildman–Crippen LogP) is 2.93. The molecule has 0 aliphatic rings. The van der Waals surface area contributed by atoms with Gasteiger partial charge < -0.3 is 5.32 Å². The van der Waals surface area contributed by atoms with Crippen molar-refractivity contribution in [2.45, 2.75) is 19.4 Å². The summed E-state index contributed by atoms with van der Waals surface area (Å²) in [6.07, 6.45) is 2.35. The van der Waals surface area contributed by atoms with Crippen molar-refractivity contribution in [3.8, 4) is 0 Å². The summed E-state index contributed by atoms with van der Waals surface area (Å²) in [6.45, 7) is 1.91. The zero-order valence-corrected chi connectivity index (χ0v) is 12.6. The number of nitrogens with zero attached hydrogens (tertiary/aromatic N) is 1. The summed E-state index contributed by atoms with van der Waals surface area (Å²) < 4.78 is 11.8. The second kappa shape index (κ2) is 6.84. The van der Waals surface area contributed by atoms with E-state index in [2.05, 4.69) is 21.2 Å². The molecule has 7 heteroatoms. The second-order valence-corrected chi connectivity index (χ2v) is 6.50. The third-order valence-electron chi connectivity index (χ3n) is 2.40. The molecule has 0 heterocycles. The molecule has 1 N–H and O–H groups in total. The van der Waals surface area contributed by atoms with Gasteiger partial charge in [0.1, 0.15) is 5.69 Å². The number of halogens is 1. The Balaban J connectivity index is 2.79. The first-order chi connectivity index (χ1) is 8.40. The molecule has 2 unspecified atom stereocenters. The van der Waals surface area contributed by atoms with E-state index < -0.39 is 15.7 Å². The Bertz CT molecular complexity index is 468. The van der Waals surface area contributed by atoms with E-state index in [-0.39, 0.29) is 11.7 Å². The number of benzene rings is 1. The van der Waals surface area contributed by atoms with Crippen LogP contribution in [0.1, 0.15) is 13.3 Å². The van der Waals surface area contributed by atoms with E-state index in [1.54, 1.807) is 18.4 Å². The summed E-state index contributed by atoms with van der Waals surface area (Å²) in [6, 6.07) is 4.80. The van der Waals surface area contributed by atoms with Gasteiger partial charge in [0.05, 0.1) is 4.92 Å². The minimum Gasteiger partial charge on any atom is -0.377 e. The molecule has 0 saturated carbocycles. The van der Waals surface area contributed by atoms with E-state index in [1.165, 1.54) is 6.07 Å². The van der Waals surface area contributed by atoms with Crippen molar-refractivity contribution < 1.29 is 9.13 Å². The molecule has 100 valence electrons. The smallest absolute Gasteiger partial charge is 0.292 e. The fraction of sp³-hybridized carbons (Fsp3) is 0.455. The lowest BCUT2D eigenvalue weighted by Gasteiger charge is -2.14. The van der Waals surface area contributed by atoms with Gasteiger partial charge in [0.2, 0.25) is 0 Å². The third-order valence-corrected chi connectivity index (χ3v) is 3.70. The van der Waals surface area contributed by atoms with Crippen molar-refractivity contribution in [3.05, 3.63) is 32.8 Å². The largest absolute Gasteiger partial charge is 0.377 e. The van der Waals surface area contributed by atoms with Crippen molar-refractivity contribution in [2.75, 3.05) is 17.3 Å². The molecule has 0 radical (unpaired) electrons. The Morgan fingerprint density at radius 1 is 1.56 bits per heavy atom. The molecule has 18 heavy (non-hydrogen) atoms. The van der Waals surface area contributed by atoms with Crippen molar-refractivity contribution in [2.24, 2.45) is 0 Å². The van der Waals surface area contributed by atoms with E-state index in [0.29, 0.717) is 17.9 Å². The molecule has 0 aromatic heterocycles. The van der Waals surface area contributed by atoms with E-state index in [9.17, 15) is 14.3 Å². The molecule has 5 nitrogen and oxygen atoms in total. The van der Waals surface area contributed by atoms with Crippen LogP contribution in [0.25, 0.3) is 0 Å². The summed E-state index contributed by atoms with van der Waals surface area (Å²) in [5, 5.41) is 14.0. The molecule has 0 fully saturated rings. The van der Waals surface area contributed by atoms with Crippen molar-refractivity contribution in [1.29, 1.82) is 0 Å². The summed E-state index contributed by atoms with van der Waals surface area (Å²) in [5.74, 6) is 0.579. The van der Waals surface area contributed by atoms with E-state index >= 15 is 0 Å². The Morgan fingerprint density at radius 3 is 2.78 bits per heavy atom. The number of anilines is 1. The molecule has 2 atom stereocenters. The van der Waals surface area contributed by atoms with Crippen LogP contribution in [0.15, 0.2) is 22.7 Å². The average molecular weight is 335 g/mol. The standard InChI is InChI=1S/C11H15BrN2O3S/c1-8(5-6-18(2)17)13-10-7-9(12)3-4-11(10)14(15)16/h3-4,7-8,13H,5-6H2,1-2H3. The maximum absolute atomic E-state index is 11.0. The quantitative estimate of drug-likeness (QED) is 0.641. The monoisotopic (exact) mass is 334 g/mol. The van der Waals surface area contributed by atoms with Gasteiger partial charge in [-0.25, -0.2) is 0 Å². The highest BCUT2D eigenvalue weighted by molar-refractivity contribution is 9.10. The van der Waals surface area contributed by atoms with Gasteiger partial charge >= 0.3 is 0 Å². The van der Waals surface area contributed by atoms with Crippen LogP contribution in [-0.2, 0) is 10.8 Å². The van der Waals surface area contributed by atoms with Gasteiger partial charge in [-0.1, -0.05) is 15.9 Å². The number of hydrogen-bond acceptors (Lipinski definition) is 4. The van der Waals surface area contributed by atoms with Crippen LogP contribution in [0, 0.1) is 10.1 Å². The van der Waals surface area contributed by atoms with Crippen LogP contribution in [-0.4, -0.2) is 27.2 Å². The average Bonchev–Trinajstić information content (AvgIpc) is 2.26. The molecule has 1 aromatic carbocycles. The van der Waals surface area contributed by atoms with Gasteiger partial charge in [-0.15, -0.1) is 0 Å². The molecular weight excluding hydrogens is 320 g/mol. The third kappa shape index (κ3) is 4.73. The zero-order valence-electron chi connectivity index (χ0n) is 10.2. The molecule has 1 aromatic rings. The summed E-state index contributed by atoms with van der Waals surface area (Å²) in [4.78, 5) is 10.5. The van der Waals surface area contributed by atoms with Gasteiger partial charge in [0.15, 0.2) is 0 Å². The lowest BCUT2D eigenvalue weighted by atomic mass is 10.2. The first-order valence-corrected chi connectivity index (χ1v) is 7.92. The molecule has 0 bridgehead atoms. The molecule has 0 aliphatic heterocycles. The minimum absolute atomic E-state index is 0.0295. The zero-order chi connectivity index (χ0) is 13.7. The molecule has 0 spiro atoms. The van der Waals surface area contributed by atoms with E-state index in [1.807, 2.05) is 6.92 Å². The normalized spacial score (nSPS) is 13.9. The Labute approximate surface area is 117 Å². The Kier molecular flexibility index (Phi) is 5.74. The number of nitrogens with one attached hydrogen (secondary N) is 1. The topological polar surface area (TPSA) is 72.2 Å². The highest BCUT2D eigenvalue weighted by atomic mass is 79.9. The van der Waals surface area contributed by atoms with E-state index in [4.69, 9.17) is 0 Å². The Morgan fingerprint density at radius 2 is 2.22 bits per heavy atom. The van der Waals surface area contributed by atoms with Crippen LogP contribution in [0.2, 0.25) is 0 Å². The molecule has 0 saturated heterocycles. The lowest BCUT2D eigenvalue weighted by molar-refractivity contribution is -0.384. The van der Waals surface area contributed by atoms with Crippen LogP contribution < -0.4 is 5.32 Å². The summed E-state index contributed by atoms with van der Waals surface area (Å²) in [7, 11) is -0.846. The van der Waals surface area contributed by atoms with Gasteiger partial charge in [-0.2, -0.15) is 0 Å². The van der Waals surface area contributed by atoms with Gasteiger partial charge in [-0.05, 0) is 25.5 Å². The first kappa shape index (κ1) is 15.1.